The molecule has 0 radical (unpaired) electrons. The summed E-state index contributed by atoms with van der Waals surface area (Å²) in [6.07, 6.45) is 6.29. The number of nitrogens with zero attached hydrogens (tertiary/aromatic N) is 4. The molecule has 2 heterocycles. The summed E-state index contributed by atoms with van der Waals surface area (Å²) in [5.74, 6) is 0. The van der Waals surface area contributed by atoms with Gasteiger partial charge in [-0.1, -0.05) is 29.8 Å². The Morgan fingerprint density at radius 1 is 0.895 bits per heavy atom. The molecule has 0 bridgehead atoms. The van der Waals surface area contributed by atoms with Crippen LogP contribution in [0.1, 0.15) is 36.9 Å². The minimum Gasteiger partial charge on any atom is -0.381 e. The van der Waals surface area contributed by atoms with Gasteiger partial charge in [-0.3, -0.25) is 9.98 Å². The molecule has 0 amide bonds. The fraction of sp³-hybridized carbons (Fsp3) is 0.281. The molecular formula is C32H33N5O. The quantitative estimate of drug-likeness (QED) is 0.270. The number of hydrogen-bond donors (Lipinski definition) is 1. The number of aryl methyl sites for hydroxylation is 2. The van der Waals surface area contributed by atoms with E-state index in [2.05, 4.69) is 82.5 Å². The minimum atomic E-state index is 0.260. The number of fused-ring (bicyclic) bond motifs is 2. The zero-order valence-corrected chi connectivity index (χ0v) is 22.2. The Morgan fingerprint density at radius 2 is 1.68 bits per heavy atom. The first-order chi connectivity index (χ1) is 18.6. The van der Waals surface area contributed by atoms with Gasteiger partial charge in [0.2, 0.25) is 0 Å². The zero-order valence-electron chi connectivity index (χ0n) is 22.2. The van der Waals surface area contributed by atoms with Crippen molar-refractivity contribution >= 4 is 22.4 Å². The third kappa shape index (κ3) is 4.79. The van der Waals surface area contributed by atoms with E-state index >= 15 is 0 Å². The Morgan fingerprint density at radius 3 is 2.45 bits per heavy atom. The van der Waals surface area contributed by atoms with Crippen molar-refractivity contribution in [1.29, 1.82) is 0 Å². The van der Waals surface area contributed by atoms with Crippen molar-refractivity contribution in [3.8, 4) is 17.1 Å². The van der Waals surface area contributed by atoms with E-state index in [-0.39, 0.29) is 6.04 Å². The summed E-state index contributed by atoms with van der Waals surface area (Å²) in [7, 11) is 1.81. The number of para-hydroxylation sites is 2. The van der Waals surface area contributed by atoms with Crippen LogP contribution in [-0.4, -0.2) is 33.8 Å². The molecule has 6 nitrogen and oxygen atoms in total. The Labute approximate surface area is 223 Å². The molecule has 1 aliphatic heterocycles. The maximum atomic E-state index is 5.60. The summed E-state index contributed by atoms with van der Waals surface area (Å²) in [5.41, 5.74) is 9.17. The number of aromatic nitrogens is 3. The molecule has 192 valence electrons. The third-order valence-corrected chi connectivity index (χ3v) is 7.56. The summed E-state index contributed by atoms with van der Waals surface area (Å²) in [4.78, 5) is 14.9. The van der Waals surface area contributed by atoms with Crippen LogP contribution in [0.25, 0.3) is 28.1 Å². The number of benzene rings is 3. The highest BCUT2D eigenvalue weighted by molar-refractivity contribution is 5.84. The predicted octanol–water partition coefficient (Wildman–Crippen LogP) is 6.74. The van der Waals surface area contributed by atoms with Crippen molar-refractivity contribution in [3.05, 3.63) is 95.6 Å². The van der Waals surface area contributed by atoms with Crippen LogP contribution in [0.15, 0.2) is 84.0 Å². The van der Waals surface area contributed by atoms with Gasteiger partial charge >= 0.3 is 0 Å². The summed E-state index contributed by atoms with van der Waals surface area (Å²) < 4.78 is 7.91. The van der Waals surface area contributed by atoms with Crippen molar-refractivity contribution in [2.24, 2.45) is 4.99 Å². The third-order valence-electron chi connectivity index (χ3n) is 7.56. The molecule has 38 heavy (non-hydrogen) atoms. The molecule has 6 rings (SSSR count). The van der Waals surface area contributed by atoms with Gasteiger partial charge in [-0.15, -0.1) is 0 Å². The number of anilines is 2. The molecular weight excluding hydrogens is 470 g/mol. The number of pyridine rings is 1. The van der Waals surface area contributed by atoms with Gasteiger partial charge in [0.1, 0.15) is 0 Å². The van der Waals surface area contributed by atoms with Gasteiger partial charge in [0, 0.05) is 19.0 Å². The lowest BCUT2D eigenvalue weighted by atomic mass is 9.93. The first-order valence-electron chi connectivity index (χ1n) is 13.4. The van der Waals surface area contributed by atoms with Gasteiger partial charge < -0.3 is 14.6 Å². The molecule has 0 unspecified atom stereocenters. The highest BCUT2D eigenvalue weighted by atomic mass is 16.5. The van der Waals surface area contributed by atoms with E-state index in [0.29, 0.717) is 6.10 Å². The van der Waals surface area contributed by atoms with Crippen LogP contribution in [0.5, 0.6) is 0 Å². The first-order valence-corrected chi connectivity index (χ1v) is 13.4. The predicted molar refractivity (Wildman–Crippen MR) is 153 cm³/mol. The molecule has 6 heteroatoms. The van der Waals surface area contributed by atoms with E-state index in [9.17, 15) is 0 Å². The fourth-order valence-corrected chi connectivity index (χ4v) is 5.39. The van der Waals surface area contributed by atoms with Gasteiger partial charge in [-0.2, -0.15) is 0 Å². The number of nitrogens with one attached hydrogen (secondary N) is 1. The smallest absolute Gasteiger partial charge is 0.0900 e. The SMILES string of the molecule is COC1CCC(N=c2cc3n(-c4ccc(C)cc4)c4ccccc4nc-3cc2Nc2cccnc2C)CC1. The summed E-state index contributed by atoms with van der Waals surface area (Å²) in [6, 6.07) is 25.6. The van der Waals surface area contributed by atoms with Crippen LogP contribution < -0.4 is 10.7 Å². The molecule has 0 atom stereocenters. The molecule has 0 spiro atoms. The second kappa shape index (κ2) is 10.4. The number of methoxy groups -OCH3 is 1. The van der Waals surface area contributed by atoms with Crippen LogP contribution in [-0.2, 0) is 4.74 Å². The van der Waals surface area contributed by atoms with Gasteiger partial charge in [0.05, 0.1) is 57.0 Å². The lowest BCUT2D eigenvalue weighted by Gasteiger charge is -2.25. The van der Waals surface area contributed by atoms with Crippen molar-refractivity contribution in [2.45, 2.75) is 51.7 Å². The Kier molecular flexibility index (Phi) is 6.64. The van der Waals surface area contributed by atoms with E-state index in [1.807, 2.05) is 32.4 Å². The average Bonchev–Trinajstić information content (AvgIpc) is 2.94. The van der Waals surface area contributed by atoms with Crippen LogP contribution in [0.2, 0.25) is 0 Å². The largest absolute Gasteiger partial charge is 0.381 e. The normalized spacial score (nSPS) is 18.2. The van der Waals surface area contributed by atoms with Crippen molar-refractivity contribution in [2.75, 3.05) is 12.4 Å². The molecule has 1 aromatic heterocycles. The van der Waals surface area contributed by atoms with Gasteiger partial charge in [-0.25, -0.2) is 4.98 Å². The fourth-order valence-electron chi connectivity index (χ4n) is 5.39. The average molecular weight is 504 g/mol. The Bertz CT molecular complexity index is 1610. The van der Waals surface area contributed by atoms with E-state index in [0.717, 1.165) is 76.2 Å². The molecule has 3 aromatic rings. The lowest BCUT2D eigenvalue weighted by Crippen LogP contribution is -2.25. The zero-order chi connectivity index (χ0) is 26.1. The maximum absolute atomic E-state index is 5.60. The van der Waals surface area contributed by atoms with Gasteiger partial charge in [0.25, 0.3) is 0 Å². The topological polar surface area (TPSA) is 64.3 Å². The molecule has 2 aromatic carbocycles. The van der Waals surface area contributed by atoms with E-state index < -0.39 is 0 Å². The van der Waals surface area contributed by atoms with Crippen LogP contribution >= 0.6 is 0 Å². The van der Waals surface area contributed by atoms with Crippen LogP contribution in [0, 0.1) is 13.8 Å². The second-order valence-electron chi connectivity index (χ2n) is 10.2. The van der Waals surface area contributed by atoms with Crippen molar-refractivity contribution in [1.82, 2.24) is 14.5 Å². The highest BCUT2D eigenvalue weighted by Crippen LogP contribution is 2.31. The lowest BCUT2D eigenvalue weighted by molar-refractivity contribution is 0.0663. The Hall–Kier alpha value is -4.03. The molecule has 1 saturated carbocycles. The van der Waals surface area contributed by atoms with E-state index in [1.165, 1.54) is 5.56 Å². The molecule has 1 fully saturated rings. The molecule has 3 aliphatic rings. The first kappa shape index (κ1) is 24.3. The molecule has 2 aliphatic carbocycles. The number of rotatable bonds is 5. The molecule has 1 N–H and O–H groups in total. The second-order valence-corrected chi connectivity index (χ2v) is 10.2. The van der Waals surface area contributed by atoms with Gasteiger partial charge in [0.15, 0.2) is 0 Å². The number of ether oxygens (including phenoxy) is 1. The monoisotopic (exact) mass is 503 g/mol. The van der Waals surface area contributed by atoms with Gasteiger partial charge in [-0.05, 0) is 88.1 Å². The maximum Gasteiger partial charge on any atom is 0.0900 e. The Balaban J connectivity index is 1.58. The summed E-state index contributed by atoms with van der Waals surface area (Å²) in [5, 5.41) is 4.57. The van der Waals surface area contributed by atoms with Crippen LogP contribution in [0.3, 0.4) is 0 Å². The van der Waals surface area contributed by atoms with E-state index in [1.54, 1.807) is 0 Å². The summed E-state index contributed by atoms with van der Waals surface area (Å²) in [6.45, 7) is 4.13. The van der Waals surface area contributed by atoms with Crippen molar-refractivity contribution in [3.63, 3.8) is 0 Å². The van der Waals surface area contributed by atoms with E-state index in [4.69, 9.17) is 14.7 Å². The highest BCUT2D eigenvalue weighted by Gasteiger charge is 2.21. The van der Waals surface area contributed by atoms with Crippen molar-refractivity contribution < 1.29 is 4.74 Å². The number of hydrogen-bond acceptors (Lipinski definition) is 5. The minimum absolute atomic E-state index is 0.260. The summed E-state index contributed by atoms with van der Waals surface area (Å²) >= 11 is 0. The van der Waals surface area contributed by atoms with Crippen LogP contribution in [0.4, 0.5) is 11.4 Å². The standard InChI is InChI=1S/C32H33N5O/c1-21-10-14-24(15-11-21)37-31-9-5-4-7-27(31)36-30-19-28(35-26-8-6-18-33-22(26)2)29(20-32(30)37)34-23-12-16-25(38-3)17-13-23/h4-11,14-15,18-20,23,25,35H,12-13,16-17H2,1-3H3. The molecule has 0 saturated heterocycles.